The zero-order valence-corrected chi connectivity index (χ0v) is 11.6. The fraction of sp³-hybridized carbons (Fsp3) is 0.308. The quantitative estimate of drug-likeness (QED) is 0.906. The van der Waals surface area contributed by atoms with Crippen molar-refractivity contribution in [1.29, 1.82) is 0 Å². The molecule has 0 saturated heterocycles. The maximum Gasteiger partial charge on any atom is 0.339 e. The van der Waals surface area contributed by atoms with Crippen LogP contribution in [0.2, 0.25) is 5.02 Å². The third-order valence-corrected chi connectivity index (χ3v) is 3.22. The van der Waals surface area contributed by atoms with Crippen LogP contribution in [0, 0.1) is 6.92 Å². The molecule has 1 heterocycles. The Kier molecular flexibility index (Phi) is 3.43. The molecule has 1 aromatic carbocycles. The van der Waals surface area contributed by atoms with Crippen molar-refractivity contribution in [1.82, 2.24) is 4.90 Å². The van der Waals surface area contributed by atoms with Crippen molar-refractivity contribution in [3.63, 3.8) is 0 Å². The lowest BCUT2D eigenvalue weighted by Crippen LogP contribution is -2.10. The summed E-state index contributed by atoms with van der Waals surface area (Å²) in [5, 5.41) is 19.5. The SMILES string of the molecule is Cc1oc2cc(CN(C)C)c(O)c(Cl)c2c1C(=O)O. The number of aromatic hydroxyl groups is 1. The monoisotopic (exact) mass is 283 g/mol. The van der Waals surface area contributed by atoms with Crippen LogP contribution in [0.5, 0.6) is 5.75 Å². The number of benzene rings is 1. The average molecular weight is 284 g/mol. The first kappa shape index (κ1) is 13.7. The number of phenols is 1. The summed E-state index contributed by atoms with van der Waals surface area (Å²) in [4.78, 5) is 13.1. The van der Waals surface area contributed by atoms with E-state index in [9.17, 15) is 15.0 Å². The molecule has 0 radical (unpaired) electrons. The molecular weight excluding hydrogens is 270 g/mol. The van der Waals surface area contributed by atoms with Crippen molar-refractivity contribution in [2.75, 3.05) is 14.1 Å². The highest BCUT2D eigenvalue weighted by molar-refractivity contribution is 6.38. The highest BCUT2D eigenvalue weighted by Crippen LogP contribution is 2.40. The number of carboxylic acids is 1. The minimum absolute atomic E-state index is 0.00768. The first-order valence-corrected chi connectivity index (χ1v) is 6.02. The molecule has 2 rings (SSSR count). The molecule has 102 valence electrons. The highest BCUT2D eigenvalue weighted by Gasteiger charge is 2.23. The van der Waals surface area contributed by atoms with Gasteiger partial charge >= 0.3 is 5.97 Å². The van der Waals surface area contributed by atoms with Crippen LogP contribution in [0.3, 0.4) is 0 Å². The number of aromatic carboxylic acids is 1. The predicted molar refractivity (Wildman–Crippen MR) is 72.0 cm³/mol. The average Bonchev–Trinajstić information content (AvgIpc) is 2.61. The van der Waals surface area contributed by atoms with Crippen molar-refractivity contribution < 1.29 is 19.4 Å². The van der Waals surface area contributed by atoms with Gasteiger partial charge < -0.3 is 19.5 Å². The molecule has 5 nitrogen and oxygen atoms in total. The molecule has 0 bridgehead atoms. The van der Waals surface area contributed by atoms with E-state index in [1.807, 2.05) is 19.0 Å². The van der Waals surface area contributed by atoms with Gasteiger partial charge in [-0.1, -0.05) is 11.6 Å². The summed E-state index contributed by atoms with van der Waals surface area (Å²) in [6, 6.07) is 1.62. The molecule has 0 aliphatic carbocycles. The fourth-order valence-electron chi connectivity index (χ4n) is 2.09. The Bertz CT molecular complexity index is 660. The van der Waals surface area contributed by atoms with Crippen LogP contribution in [0.25, 0.3) is 11.0 Å². The van der Waals surface area contributed by atoms with E-state index in [1.165, 1.54) is 0 Å². The minimum Gasteiger partial charge on any atom is -0.506 e. The van der Waals surface area contributed by atoms with Gasteiger partial charge in [0, 0.05) is 12.1 Å². The lowest BCUT2D eigenvalue weighted by atomic mass is 10.1. The Morgan fingerprint density at radius 1 is 1.47 bits per heavy atom. The van der Waals surface area contributed by atoms with E-state index in [1.54, 1.807) is 13.0 Å². The molecule has 19 heavy (non-hydrogen) atoms. The van der Waals surface area contributed by atoms with Crippen molar-refractivity contribution in [3.8, 4) is 5.75 Å². The molecule has 0 saturated carbocycles. The topological polar surface area (TPSA) is 73.9 Å². The van der Waals surface area contributed by atoms with Crippen molar-refractivity contribution in [3.05, 3.63) is 28.0 Å². The predicted octanol–water partition coefficient (Wildman–Crippen LogP) is 2.86. The van der Waals surface area contributed by atoms with Gasteiger partial charge in [-0.15, -0.1) is 0 Å². The van der Waals surface area contributed by atoms with E-state index in [0.29, 0.717) is 17.7 Å². The summed E-state index contributed by atoms with van der Waals surface area (Å²) in [5.41, 5.74) is 0.953. The van der Waals surface area contributed by atoms with Gasteiger partial charge in [0.15, 0.2) is 0 Å². The molecule has 0 unspecified atom stereocenters. The Morgan fingerprint density at radius 2 is 2.11 bits per heavy atom. The second kappa shape index (κ2) is 4.75. The largest absolute Gasteiger partial charge is 0.506 e. The lowest BCUT2D eigenvalue weighted by molar-refractivity contribution is 0.0697. The molecule has 6 heteroatoms. The standard InChI is InChI=1S/C13H14ClNO4/c1-6-9(13(17)18)10-8(19-6)4-7(5-15(2)3)12(16)11(10)14/h4,16H,5H2,1-3H3,(H,17,18). The van der Waals surface area contributed by atoms with Gasteiger partial charge in [0.2, 0.25) is 0 Å². The lowest BCUT2D eigenvalue weighted by Gasteiger charge is -2.12. The first-order chi connectivity index (χ1) is 8.82. The zero-order chi connectivity index (χ0) is 14.3. The molecule has 2 N–H and O–H groups in total. The molecule has 0 fully saturated rings. The maximum absolute atomic E-state index is 11.2. The number of fused-ring (bicyclic) bond motifs is 1. The van der Waals surface area contributed by atoms with E-state index in [2.05, 4.69) is 0 Å². The van der Waals surface area contributed by atoms with E-state index >= 15 is 0 Å². The Balaban J connectivity index is 2.77. The third-order valence-electron chi connectivity index (χ3n) is 2.85. The van der Waals surface area contributed by atoms with Gasteiger partial charge in [-0.2, -0.15) is 0 Å². The number of carboxylic acid groups (broad SMARTS) is 1. The number of halogens is 1. The van der Waals surface area contributed by atoms with Crippen LogP contribution < -0.4 is 0 Å². The highest BCUT2D eigenvalue weighted by atomic mass is 35.5. The van der Waals surface area contributed by atoms with Crippen molar-refractivity contribution >= 4 is 28.5 Å². The van der Waals surface area contributed by atoms with E-state index in [-0.39, 0.29) is 27.5 Å². The van der Waals surface area contributed by atoms with Gasteiger partial charge in [0.05, 0.1) is 10.4 Å². The second-order valence-corrected chi connectivity index (χ2v) is 5.03. The second-order valence-electron chi connectivity index (χ2n) is 4.65. The maximum atomic E-state index is 11.2. The van der Waals surface area contributed by atoms with Crippen LogP contribution >= 0.6 is 11.6 Å². The molecule has 0 amide bonds. The van der Waals surface area contributed by atoms with Crippen LogP contribution in [0.1, 0.15) is 21.7 Å². The first-order valence-electron chi connectivity index (χ1n) is 5.64. The summed E-state index contributed by atoms with van der Waals surface area (Å²) in [6.45, 7) is 2.03. The van der Waals surface area contributed by atoms with E-state index in [0.717, 1.165) is 0 Å². The number of nitrogens with zero attached hydrogens (tertiary/aromatic N) is 1. The van der Waals surface area contributed by atoms with Crippen LogP contribution in [0.4, 0.5) is 0 Å². The van der Waals surface area contributed by atoms with Crippen molar-refractivity contribution in [2.24, 2.45) is 0 Å². The normalized spacial score (nSPS) is 11.4. The summed E-state index contributed by atoms with van der Waals surface area (Å²) in [6.07, 6.45) is 0. The molecular formula is C13H14ClNO4. The van der Waals surface area contributed by atoms with E-state index < -0.39 is 5.97 Å². The number of rotatable bonds is 3. The minimum atomic E-state index is -1.13. The van der Waals surface area contributed by atoms with Crippen LogP contribution in [-0.4, -0.2) is 35.2 Å². The van der Waals surface area contributed by atoms with Crippen LogP contribution in [0.15, 0.2) is 10.5 Å². The van der Waals surface area contributed by atoms with Crippen LogP contribution in [-0.2, 0) is 6.54 Å². The zero-order valence-electron chi connectivity index (χ0n) is 10.8. The summed E-state index contributed by atoms with van der Waals surface area (Å²) >= 11 is 6.09. The van der Waals surface area contributed by atoms with E-state index in [4.69, 9.17) is 16.0 Å². The number of hydrogen-bond donors (Lipinski definition) is 2. The summed E-state index contributed by atoms with van der Waals surface area (Å²) in [5.74, 6) is -0.963. The smallest absolute Gasteiger partial charge is 0.339 e. The Hall–Kier alpha value is -1.72. The molecule has 1 aromatic heterocycles. The molecule has 0 spiro atoms. The molecule has 0 aliphatic heterocycles. The van der Waals surface area contributed by atoms with Crippen molar-refractivity contribution in [2.45, 2.75) is 13.5 Å². The number of furan rings is 1. The number of phenolic OH excluding ortho intramolecular Hbond substituents is 1. The Labute approximate surface area is 115 Å². The number of hydrogen-bond acceptors (Lipinski definition) is 4. The fourth-order valence-corrected chi connectivity index (χ4v) is 2.40. The Morgan fingerprint density at radius 3 is 2.63 bits per heavy atom. The molecule has 0 atom stereocenters. The molecule has 0 aliphatic rings. The third kappa shape index (κ3) is 2.27. The van der Waals surface area contributed by atoms with Gasteiger partial charge in [-0.3, -0.25) is 0 Å². The summed E-state index contributed by atoms with van der Waals surface area (Å²) < 4.78 is 5.42. The van der Waals surface area contributed by atoms with Gasteiger partial charge in [-0.05, 0) is 27.1 Å². The molecule has 2 aromatic rings. The summed E-state index contributed by atoms with van der Waals surface area (Å²) in [7, 11) is 3.71. The van der Waals surface area contributed by atoms with Gasteiger partial charge in [0.25, 0.3) is 0 Å². The van der Waals surface area contributed by atoms with Gasteiger partial charge in [0.1, 0.15) is 22.7 Å². The number of aryl methyl sites for hydroxylation is 1. The van der Waals surface area contributed by atoms with Gasteiger partial charge in [-0.25, -0.2) is 4.79 Å². The number of carbonyl (C=O) groups is 1.